The number of rotatable bonds is 1. The van der Waals surface area contributed by atoms with Gasteiger partial charge in [0.1, 0.15) is 0 Å². The zero-order valence-corrected chi connectivity index (χ0v) is 13.8. The highest BCUT2D eigenvalue weighted by Gasteiger charge is 2.23. The number of benzene rings is 5. The maximum Gasteiger partial charge on any atom is 0.0846 e. The van der Waals surface area contributed by atoms with Crippen molar-refractivity contribution in [2.45, 2.75) is 19.4 Å². The molecule has 0 spiro atoms. The largest absolute Gasteiger partial charge is 0.386 e. The lowest BCUT2D eigenvalue weighted by molar-refractivity contribution is 0.0803. The third-order valence-electron chi connectivity index (χ3n) is 5.17. The van der Waals surface area contributed by atoms with Crippen molar-refractivity contribution < 1.29 is 5.11 Å². The molecule has 0 saturated heterocycles. The molecular weight excluding hydrogens is 292 g/mol. The van der Waals surface area contributed by atoms with Gasteiger partial charge in [0.2, 0.25) is 0 Å². The van der Waals surface area contributed by atoms with Crippen LogP contribution in [0.25, 0.3) is 43.1 Å². The first-order valence-corrected chi connectivity index (χ1v) is 8.37. The second-order valence-corrected chi connectivity index (χ2v) is 7.16. The molecule has 0 saturated carbocycles. The fourth-order valence-electron chi connectivity index (χ4n) is 4.17. The van der Waals surface area contributed by atoms with Gasteiger partial charge < -0.3 is 5.11 Å². The van der Waals surface area contributed by atoms with E-state index in [2.05, 4.69) is 66.7 Å². The van der Waals surface area contributed by atoms with Crippen molar-refractivity contribution in [1.82, 2.24) is 0 Å². The maximum absolute atomic E-state index is 10.8. The van der Waals surface area contributed by atoms with Gasteiger partial charge in [0.15, 0.2) is 0 Å². The molecule has 0 aliphatic heterocycles. The Hall–Kier alpha value is -2.64. The Labute approximate surface area is 140 Å². The van der Waals surface area contributed by atoms with Gasteiger partial charge in [-0.25, -0.2) is 0 Å². The van der Waals surface area contributed by atoms with Crippen molar-refractivity contribution in [2.75, 3.05) is 0 Å². The van der Waals surface area contributed by atoms with E-state index in [4.69, 9.17) is 0 Å². The van der Waals surface area contributed by atoms with Crippen LogP contribution in [0.2, 0.25) is 0 Å². The Balaban J connectivity index is 2.24. The van der Waals surface area contributed by atoms with Crippen LogP contribution in [0, 0.1) is 0 Å². The molecule has 5 aromatic rings. The minimum atomic E-state index is -0.884. The average molecular weight is 310 g/mol. The van der Waals surface area contributed by atoms with E-state index in [9.17, 15) is 5.11 Å². The molecule has 1 heteroatoms. The van der Waals surface area contributed by atoms with E-state index >= 15 is 0 Å². The van der Waals surface area contributed by atoms with Gasteiger partial charge in [-0.1, -0.05) is 66.7 Å². The molecule has 5 rings (SSSR count). The Morgan fingerprint density at radius 2 is 1.12 bits per heavy atom. The van der Waals surface area contributed by atoms with E-state index in [0.717, 1.165) is 5.56 Å². The zero-order chi connectivity index (χ0) is 16.5. The third-order valence-corrected chi connectivity index (χ3v) is 5.17. The summed E-state index contributed by atoms with van der Waals surface area (Å²) in [4.78, 5) is 0. The summed E-state index contributed by atoms with van der Waals surface area (Å²) in [5.41, 5.74) is 0.106. The van der Waals surface area contributed by atoms with E-state index in [1.54, 1.807) is 0 Å². The van der Waals surface area contributed by atoms with E-state index in [0.29, 0.717) is 0 Å². The van der Waals surface area contributed by atoms with Gasteiger partial charge in [0, 0.05) is 0 Å². The van der Waals surface area contributed by atoms with Crippen molar-refractivity contribution in [3.63, 3.8) is 0 Å². The molecule has 1 nitrogen and oxygen atoms in total. The summed E-state index contributed by atoms with van der Waals surface area (Å²) in [7, 11) is 0. The van der Waals surface area contributed by atoms with Crippen LogP contribution in [0.3, 0.4) is 0 Å². The fourth-order valence-corrected chi connectivity index (χ4v) is 4.17. The van der Waals surface area contributed by atoms with Gasteiger partial charge >= 0.3 is 0 Å². The second kappa shape index (κ2) is 4.46. The number of fused-ring (bicyclic) bond motifs is 2. The van der Waals surface area contributed by atoms with Gasteiger partial charge in [-0.3, -0.25) is 0 Å². The average Bonchev–Trinajstić information content (AvgIpc) is 2.58. The van der Waals surface area contributed by atoms with E-state index in [-0.39, 0.29) is 0 Å². The summed E-state index contributed by atoms with van der Waals surface area (Å²) in [6.45, 7) is 3.74. The second-order valence-electron chi connectivity index (χ2n) is 7.16. The van der Waals surface area contributed by atoms with Crippen LogP contribution >= 0.6 is 0 Å². The topological polar surface area (TPSA) is 20.2 Å². The minimum Gasteiger partial charge on any atom is -0.386 e. The number of aliphatic hydroxyl groups is 1. The molecule has 0 radical (unpaired) electrons. The van der Waals surface area contributed by atoms with Crippen LogP contribution in [0.4, 0.5) is 0 Å². The van der Waals surface area contributed by atoms with Crippen molar-refractivity contribution in [3.05, 3.63) is 72.3 Å². The first kappa shape index (κ1) is 13.8. The van der Waals surface area contributed by atoms with Gasteiger partial charge in [0.05, 0.1) is 5.60 Å². The normalized spacial score (nSPS) is 12.8. The van der Waals surface area contributed by atoms with Crippen molar-refractivity contribution in [1.29, 1.82) is 0 Å². The lowest BCUT2D eigenvalue weighted by Gasteiger charge is -2.23. The monoisotopic (exact) mass is 310 g/mol. The predicted octanol–water partition coefficient (Wildman–Crippen LogP) is 5.96. The molecule has 0 aliphatic carbocycles. The molecule has 0 aromatic heterocycles. The Morgan fingerprint density at radius 3 is 1.75 bits per heavy atom. The molecule has 0 unspecified atom stereocenters. The van der Waals surface area contributed by atoms with Crippen LogP contribution < -0.4 is 0 Å². The van der Waals surface area contributed by atoms with Crippen molar-refractivity contribution in [2.24, 2.45) is 0 Å². The summed E-state index contributed by atoms with van der Waals surface area (Å²) < 4.78 is 0. The highest BCUT2D eigenvalue weighted by Crippen LogP contribution is 2.43. The first-order valence-electron chi connectivity index (χ1n) is 8.37. The van der Waals surface area contributed by atoms with Gasteiger partial charge in [-0.05, 0) is 62.5 Å². The molecule has 5 aromatic carbocycles. The molecule has 24 heavy (non-hydrogen) atoms. The van der Waals surface area contributed by atoms with Crippen LogP contribution in [-0.2, 0) is 5.60 Å². The number of hydrogen-bond acceptors (Lipinski definition) is 1. The molecule has 0 amide bonds. The molecule has 0 aliphatic rings. The van der Waals surface area contributed by atoms with Crippen LogP contribution in [0.15, 0.2) is 66.7 Å². The molecule has 0 fully saturated rings. The molecule has 116 valence electrons. The summed E-state index contributed by atoms with van der Waals surface area (Å²) >= 11 is 0. The van der Waals surface area contributed by atoms with E-state index in [1.807, 2.05) is 13.8 Å². The zero-order valence-electron chi connectivity index (χ0n) is 13.8. The van der Waals surface area contributed by atoms with Crippen LogP contribution in [0.5, 0.6) is 0 Å². The summed E-state index contributed by atoms with van der Waals surface area (Å²) in [6, 6.07) is 23.7. The SMILES string of the molecule is CC(C)(O)c1ccc2cccc3c4cccc5cccc(c1c23)c54. The Kier molecular flexibility index (Phi) is 2.56. The quantitative estimate of drug-likeness (QED) is 0.299. The standard InChI is InChI=1S/C23H18O/c1-23(2,24)19-13-12-15-8-4-10-17-16-9-3-6-14-7-5-11-18(20(14)16)22(19)21(15)17/h3-13,24H,1-2H3. The summed E-state index contributed by atoms with van der Waals surface area (Å²) in [5, 5.41) is 20.7. The van der Waals surface area contributed by atoms with Gasteiger partial charge in [-0.15, -0.1) is 0 Å². The third kappa shape index (κ3) is 1.68. The van der Waals surface area contributed by atoms with Gasteiger partial charge in [-0.2, -0.15) is 0 Å². The lowest BCUT2D eigenvalue weighted by Crippen LogP contribution is -2.16. The molecule has 1 N–H and O–H groups in total. The highest BCUT2D eigenvalue weighted by molar-refractivity contribution is 6.33. The van der Waals surface area contributed by atoms with Crippen LogP contribution in [0.1, 0.15) is 19.4 Å². The van der Waals surface area contributed by atoms with E-state index < -0.39 is 5.60 Å². The molecule has 0 atom stereocenters. The Morgan fingerprint density at radius 1 is 0.583 bits per heavy atom. The lowest BCUT2D eigenvalue weighted by atomic mass is 9.84. The summed E-state index contributed by atoms with van der Waals surface area (Å²) in [6.07, 6.45) is 0. The predicted molar refractivity (Wildman–Crippen MR) is 103 cm³/mol. The maximum atomic E-state index is 10.8. The van der Waals surface area contributed by atoms with E-state index in [1.165, 1.54) is 43.1 Å². The van der Waals surface area contributed by atoms with Crippen LogP contribution in [-0.4, -0.2) is 5.11 Å². The van der Waals surface area contributed by atoms with Crippen molar-refractivity contribution >= 4 is 43.1 Å². The minimum absolute atomic E-state index is 0.884. The smallest absolute Gasteiger partial charge is 0.0846 e. The fraction of sp³-hybridized carbons (Fsp3) is 0.130. The molecular formula is C23H18O. The van der Waals surface area contributed by atoms with Crippen molar-refractivity contribution in [3.8, 4) is 0 Å². The number of hydrogen-bond donors (Lipinski definition) is 1. The van der Waals surface area contributed by atoms with Gasteiger partial charge in [0.25, 0.3) is 0 Å². The summed E-state index contributed by atoms with van der Waals surface area (Å²) in [5.74, 6) is 0. The first-order chi connectivity index (χ1) is 11.6. The highest BCUT2D eigenvalue weighted by atomic mass is 16.3. The molecule has 0 bridgehead atoms. The molecule has 0 heterocycles. The Bertz CT molecular complexity index is 1220.